The molecule has 1 aliphatic rings. The molecule has 0 unspecified atom stereocenters. The zero-order valence-electron chi connectivity index (χ0n) is 11.4. The molecule has 0 saturated carbocycles. The summed E-state index contributed by atoms with van der Waals surface area (Å²) in [4.78, 5) is 35.4. The Morgan fingerprint density at radius 2 is 1.75 bits per heavy atom. The zero-order valence-corrected chi connectivity index (χ0v) is 11.4. The second kappa shape index (κ2) is 6.32. The van der Waals surface area contributed by atoms with Gasteiger partial charge in [-0.25, -0.2) is 0 Å². The number of hydrogen-bond acceptors (Lipinski definition) is 4. The highest BCUT2D eigenvalue weighted by atomic mass is 16.5. The number of rotatable bonds is 5. The Kier molecular flexibility index (Phi) is 4.50. The fourth-order valence-corrected chi connectivity index (χ4v) is 2.22. The third-order valence-electron chi connectivity index (χ3n) is 3.32. The lowest BCUT2D eigenvalue weighted by atomic mass is 10.1. The van der Waals surface area contributed by atoms with E-state index in [0.717, 1.165) is 12.0 Å². The molecule has 5 nitrogen and oxygen atoms in total. The lowest BCUT2D eigenvalue weighted by Gasteiger charge is -2.14. The molecule has 1 saturated heterocycles. The first-order chi connectivity index (χ1) is 9.61. The molecule has 1 fully saturated rings. The van der Waals surface area contributed by atoms with E-state index in [0.29, 0.717) is 31.4 Å². The summed E-state index contributed by atoms with van der Waals surface area (Å²) in [6.07, 6.45) is 2.45. The van der Waals surface area contributed by atoms with Crippen LogP contribution in [0.15, 0.2) is 24.3 Å². The largest absolute Gasteiger partial charge is 0.469 e. The van der Waals surface area contributed by atoms with Crippen molar-refractivity contribution in [3.63, 3.8) is 0 Å². The number of esters is 1. The van der Waals surface area contributed by atoms with Crippen molar-refractivity contribution >= 4 is 23.5 Å². The van der Waals surface area contributed by atoms with Gasteiger partial charge in [0.25, 0.3) is 0 Å². The van der Waals surface area contributed by atoms with E-state index >= 15 is 0 Å². The summed E-state index contributed by atoms with van der Waals surface area (Å²) in [5.41, 5.74) is 1.69. The van der Waals surface area contributed by atoms with E-state index in [1.54, 1.807) is 12.1 Å². The Morgan fingerprint density at radius 3 is 2.30 bits per heavy atom. The summed E-state index contributed by atoms with van der Waals surface area (Å²) >= 11 is 0. The van der Waals surface area contributed by atoms with Crippen molar-refractivity contribution in [1.82, 2.24) is 0 Å². The van der Waals surface area contributed by atoms with Crippen molar-refractivity contribution in [1.29, 1.82) is 0 Å². The third-order valence-corrected chi connectivity index (χ3v) is 3.32. The monoisotopic (exact) mass is 275 g/mol. The van der Waals surface area contributed by atoms with Gasteiger partial charge >= 0.3 is 5.97 Å². The average Bonchev–Trinajstić information content (AvgIpc) is 2.79. The van der Waals surface area contributed by atoms with Crippen molar-refractivity contribution < 1.29 is 19.1 Å². The summed E-state index contributed by atoms with van der Waals surface area (Å²) in [6.45, 7) is 0. The van der Waals surface area contributed by atoms with Gasteiger partial charge in [-0.15, -0.1) is 0 Å². The van der Waals surface area contributed by atoms with E-state index in [-0.39, 0.29) is 17.8 Å². The van der Waals surface area contributed by atoms with E-state index in [1.807, 2.05) is 12.1 Å². The first-order valence-corrected chi connectivity index (χ1v) is 6.63. The van der Waals surface area contributed by atoms with Crippen LogP contribution in [0.4, 0.5) is 5.69 Å². The number of carbonyl (C=O) groups excluding carboxylic acids is 3. The normalized spacial score (nSPS) is 14.8. The van der Waals surface area contributed by atoms with Crippen molar-refractivity contribution in [2.45, 2.75) is 32.1 Å². The van der Waals surface area contributed by atoms with Crippen LogP contribution in [0.2, 0.25) is 0 Å². The van der Waals surface area contributed by atoms with Gasteiger partial charge in [-0.05, 0) is 30.5 Å². The summed E-state index contributed by atoms with van der Waals surface area (Å²) in [5.74, 6) is -0.503. The first kappa shape index (κ1) is 14.2. The Hall–Kier alpha value is -2.17. The number of nitrogens with zero attached hydrogens (tertiary/aromatic N) is 1. The molecule has 0 atom stereocenters. The fourth-order valence-electron chi connectivity index (χ4n) is 2.22. The highest BCUT2D eigenvalue weighted by molar-refractivity contribution is 6.19. The summed E-state index contributed by atoms with van der Waals surface area (Å²) in [5, 5.41) is 0. The minimum Gasteiger partial charge on any atom is -0.469 e. The topological polar surface area (TPSA) is 63.7 Å². The second-order valence-electron chi connectivity index (χ2n) is 4.72. The summed E-state index contributed by atoms with van der Waals surface area (Å²) in [6, 6.07) is 7.31. The number of carbonyl (C=O) groups is 3. The molecular weight excluding hydrogens is 258 g/mol. The number of ether oxygens (including phenoxy) is 1. The molecule has 0 radical (unpaired) electrons. The third kappa shape index (κ3) is 3.23. The van der Waals surface area contributed by atoms with Crippen molar-refractivity contribution in [2.24, 2.45) is 0 Å². The maximum atomic E-state index is 11.6. The maximum Gasteiger partial charge on any atom is 0.305 e. The molecule has 1 heterocycles. The average molecular weight is 275 g/mol. The molecule has 1 aliphatic heterocycles. The molecule has 0 spiro atoms. The fraction of sp³-hybridized carbons (Fsp3) is 0.400. The maximum absolute atomic E-state index is 11.6. The van der Waals surface area contributed by atoms with Crippen LogP contribution in [0.1, 0.15) is 31.2 Å². The van der Waals surface area contributed by atoms with Gasteiger partial charge in [-0.1, -0.05) is 12.1 Å². The SMILES string of the molecule is COC(=O)CCCc1ccc(N2C(=O)CCC2=O)cc1. The van der Waals surface area contributed by atoms with Gasteiger partial charge in [0, 0.05) is 19.3 Å². The number of hydrogen-bond donors (Lipinski definition) is 0. The van der Waals surface area contributed by atoms with Crippen molar-refractivity contribution in [3.05, 3.63) is 29.8 Å². The number of methoxy groups -OCH3 is 1. The number of amides is 2. The van der Waals surface area contributed by atoms with Crippen molar-refractivity contribution in [2.75, 3.05) is 12.0 Å². The molecule has 20 heavy (non-hydrogen) atoms. The van der Waals surface area contributed by atoms with Crippen LogP contribution >= 0.6 is 0 Å². The molecular formula is C15H17NO4. The summed E-state index contributed by atoms with van der Waals surface area (Å²) < 4.78 is 4.58. The van der Waals surface area contributed by atoms with Crippen LogP contribution in [0.5, 0.6) is 0 Å². The van der Waals surface area contributed by atoms with Crippen LogP contribution in [-0.2, 0) is 25.5 Å². The molecule has 2 amide bonds. The number of anilines is 1. The van der Waals surface area contributed by atoms with Gasteiger partial charge in [0.15, 0.2) is 0 Å². The van der Waals surface area contributed by atoms with Gasteiger partial charge in [0.1, 0.15) is 0 Å². The van der Waals surface area contributed by atoms with E-state index in [9.17, 15) is 14.4 Å². The number of benzene rings is 1. The molecule has 1 aromatic carbocycles. The van der Waals surface area contributed by atoms with Gasteiger partial charge in [0.2, 0.25) is 11.8 Å². The Morgan fingerprint density at radius 1 is 1.15 bits per heavy atom. The summed E-state index contributed by atoms with van der Waals surface area (Å²) in [7, 11) is 1.38. The predicted octanol–water partition coefficient (Wildman–Crippen LogP) is 1.84. The van der Waals surface area contributed by atoms with Crippen LogP contribution in [0.25, 0.3) is 0 Å². The van der Waals surface area contributed by atoms with E-state index in [2.05, 4.69) is 4.74 Å². The minimum atomic E-state index is -0.213. The van der Waals surface area contributed by atoms with Crippen LogP contribution in [0.3, 0.4) is 0 Å². The van der Waals surface area contributed by atoms with E-state index < -0.39 is 0 Å². The number of aryl methyl sites for hydroxylation is 1. The number of imide groups is 1. The van der Waals surface area contributed by atoms with E-state index in [1.165, 1.54) is 12.0 Å². The van der Waals surface area contributed by atoms with Crippen LogP contribution in [0, 0.1) is 0 Å². The van der Waals surface area contributed by atoms with Gasteiger partial charge < -0.3 is 4.74 Å². The van der Waals surface area contributed by atoms with Gasteiger partial charge in [0.05, 0.1) is 12.8 Å². The molecule has 5 heteroatoms. The lowest BCUT2D eigenvalue weighted by Crippen LogP contribution is -2.28. The molecule has 0 bridgehead atoms. The highest BCUT2D eigenvalue weighted by Crippen LogP contribution is 2.23. The first-order valence-electron chi connectivity index (χ1n) is 6.63. The molecule has 106 valence electrons. The highest BCUT2D eigenvalue weighted by Gasteiger charge is 2.29. The van der Waals surface area contributed by atoms with Gasteiger partial charge in [-0.2, -0.15) is 0 Å². The molecule has 1 aromatic rings. The van der Waals surface area contributed by atoms with Crippen LogP contribution in [-0.4, -0.2) is 24.9 Å². The predicted molar refractivity (Wildman–Crippen MR) is 73.1 cm³/mol. The molecule has 2 rings (SSSR count). The van der Waals surface area contributed by atoms with E-state index in [4.69, 9.17) is 0 Å². The minimum absolute atomic E-state index is 0.145. The smallest absolute Gasteiger partial charge is 0.305 e. The van der Waals surface area contributed by atoms with Gasteiger partial charge in [-0.3, -0.25) is 19.3 Å². The van der Waals surface area contributed by atoms with Crippen molar-refractivity contribution in [3.8, 4) is 0 Å². The molecule has 0 aromatic heterocycles. The standard InChI is InChI=1S/C15H17NO4/c1-20-15(19)4-2-3-11-5-7-12(8-6-11)16-13(17)9-10-14(16)18/h5-8H,2-4,9-10H2,1H3. The Bertz CT molecular complexity index is 505. The zero-order chi connectivity index (χ0) is 14.5. The quantitative estimate of drug-likeness (QED) is 0.607. The lowest BCUT2D eigenvalue weighted by molar-refractivity contribution is -0.140. The molecule has 0 aliphatic carbocycles. The Labute approximate surface area is 117 Å². The van der Waals surface area contributed by atoms with Crippen LogP contribution < -0.4 is 4.90 Å². The Balaban J connectivity index is 1.94. The second-order valence-corrected chi connectivity index (χ2v) is 4.72. The molecule has 0 N–H and O–H groups in total.